The van der Waals surface area contributed by atoms with E-state index in [4.69, 9.17) is 13.8 Å². The quantitative estimate of drug-likeness (QED) is 0.0205. The number of quaternary nitrogens is 1. The lowest BCUT2D eigenvalue weighted by Gasteiger charge is -2.27. The zero-order valence-electron chi connectivity index (χ0n) is 53.5. The van der Waals surface area contributed by atoms with E-state index < -0.39 is 20.0 Å². The van der Waals surface area contributed by atoms with Gasteiger partial charge in [0.2, 0.25) is 5.91 Å². The third-order valence-corrected chi connectivity index (χ3v) is 15.5. The van der Waals surface area contributed by atoms with E-state index in [0.717, 1.165) is 122 Å². The van der Waals surface area contributed by atoms with Gasteiger partial charge in [0.15, 0.2) is 0 Å². The zero-order chi connectivity index (χ0) is 59.3. The number of nitrogens with one attached hydrogen (secondary N) is 1. The molecule has 0 spiro atoms. The Balaban J connectivity index is 5.15. The predicted molar refractivity (Wildman–Crippen MR) is 350 cm³/mol. The number of phosphoric acid groups is 1. The topological polar surface area (TPSA) is 111 Å². The van der Waals surface area contributed by atoms with Crippen molar-refractivity contribution in [1.29, 1.82) is 0 Å². The summed E-state index contributed by atoms with van der Waals surface area (Å²) < 4.78 is 30.7. The maximum absolute atomic E-state index is 13.6. The highest BCUT2D eigenvalue weighted by molar-refractivity contribution is 7.47. The summed E-state index contributed by atoms with van der Waals surface area (Å²) in [6.07, 6.45) is 81.2. The minimum atomic E-state index is -4.46. The van der Waals surface area contributed by atoms with Crippen LogP contribution in [-0.2, 0) is 27.9 Å². The summed E-state index contributed by atoms with van der Waals surface area (Å²) in [5, 5.41) is 3.06. The molecule has 81 heavy (non-hydrogen) atoms. The number of hydrogen-bond donors (Lipinski definition) is 2. The van der Waals surface area contributed by atoms with Gasteiger partial charge in [0.25, 0.3) is 0 Å². The summed E-state index contributed by atoms with van der Waals surface area (Å²) in [5.41, 5.74) is 0. The van der Waals surface area contributed by atoms with E-state index in [-0.39, 0.29) is 31.5 Å². The van der Waals surface area contributed by atoms with Crippen LogP contribution in [0.3, 0.4) is 0 Å². The van der Waals surface area contributed by atoms with Crippen molar-refractivity contribution in [3.8, 4) is 0 Å². The van der Waals surface area contributed by atoms with Crippen molar-refractivity contribution in [1.82, 2.24) is 5.32 Å². The molecule has 2 N–H and O–H groups in total. The van der Waals surface area contributed by atoms with E-state index in [2.05, 4.69) is 111 Å². The highest BCUT2D eigenvalue weighted by Gasteiger charge is 2.30. The number of hydrogen-bond acceptors (Lipinski definition) is 6. The molecule has 0 rings (SSSR count). The Labute approximate surface area is 500 Å². The largest absolute Gasteiger partial charge is 0.472 e. The minimum absolute atomic E-state index is 0.0336. The molecule has 0 radical (unpaired) electrons. The van der Waals surface area contributed by atoms with Gasteiger partial charge in [-0.2, -0.15) is 0 Å². The first-order valence-electron chi connectivity index (χ1n) is 33.6. The highest BCUT2D eigenvalue weighted by atomic mass is 31.2. The first-order chi connectivity index (χ1) is 39.4. The van der Waals surface area contributed by atoms with E-state index in [1.807, 2.05) is 33.3 Å². The van der Waals surface area contributed by atoms with Crippen LogP contribution in [0, 0.1) is 0 Å². The van der Waals surface area contributed by atoms with Gasteiger partial charge < -0.3 is 19.4 Å². The number of phosphoric ester groups is 1. The molecule has 0 aromatic carbocycles. The van der Waals surface area contributed by atoms with Gasteiger partial charge >= 0.3 is 13.8 Å². The summed E-state index contributed by atoms with van der Waals surface area (Å²) in [5.74, 6) is -0.524. The first kappa shape index (κ1) is 77.9. The lowest BCUT2D eigenvalue weighted by atomic mass is 10.0. The molecule has 0 aromatic rings. The molecule has 0 bridgehead atoms. The van der Waals surface area contributed by atoms with Gasteiger partial charge in [-0.1, -0.05) is 266 Å². The van der Waals surface area contributed by atoms with Gasteiger partial charge in [0.1, 0.15) is 19.3 Å². The van der Waals surface area contributed by atoms with Crippen LogP contribution in [0.1, 0.15) is 290 Å². The van der Waals surface area contributed by atoms with Crippen LogP contribution < -0.4 is 5.32 Å². The Kier molecular flexibility index (Phi) is 57.8. The van der Waals surface area contributed by atoms with Crippen molar-refractivity contribution in [2.24, 2.45) is 0 Å². The highest BCUT2D eigenvalue weighted by Crippen LogP contribution is 2.43. The number of esters is 1. The number of carbonyl (C=O) groups excluding carboxylic acids is 2. The zero-order valence-corrected chi connectivity index (χ0v) is 54.4. The van der Waals surface area contributed by atoms with Crippen molar-refractivity contribution in [3.05, 3.63) is 97.2 Å². The van der Waals surface area contributed by atoms with Gasteiger partial charge in [-0.05, 0) is 109 Å². The Morgan fingerprint density at radius 2 is 0.790 bits per heavy atom. The number of allylic oxidation sites excluding steroid dienone is 15. The Hall–Kier alpha value is -3.07. The molecule has 0 aliphatic carbocycles. The van der Waals surface area contributed by atoms with Crippen molar-refractivity contribution in [3.63, 3.8) is 0 Å². The number of nitrogens with zero attached hydrogens (tertiary/aromatic N) is 1. The van der Waals surface area contributed by atoms with Crippen LogP contribution in [0.25, 0.3) is 0 Å². The molecule has 0 aliphatic heterocycles. The van der Waals surface area contributed by atoms with Crippen LogP contribution in [0.2, 0.25) is 0 Å². The predicted octanol–water partition coefficient (Wildman–Crippen LogP) is 21.1. The second kappa shape index (κ2) is 60.1. The maximum atomic E-state index is 13.6. The number of ether oxygens (including phenoxy) is 1. The molecule has 10 heteroatoms. The van der Waals surface area contributed by atoms with Crippen LogP contribution in [-0.4, -0.2) is 74.3 Å². The van der Waals surface area contributed by atoms with Crippen molar-refractivity contribution >= 4 is 19.7 Å². The minimum Gasteiger partial charge on any atom is -0.456 e. The summed E-state index contributed by atoms with van der Waals surface area (Å²) in [6.45, 7) is 6.89. The van der Waals surface area contributed by atoms with Crippen LogP contribution in [0.15, 0.2) is 97.2 Å². The number of amides is 1. The molecule has 0 saturated carbocycles. The number of rotatable bonds is 60. The second-order valence-electron chi connectivity index (χ2n) is 23.6. The van der Waals surface area contributed by atoms with Gasteiger partial charge in [-0.15, -0.1) is 0 Å². The average Bonchev–Trinajstić information content (AvgIpc) is 3.43. The fraction of sp³-hybridized carbons (Fsp3) is 0.746. The van der Waals surface area contributed by atoms with Crippen molar-refractivity contribution in [2.45, 2.75) is 303 Å². The molecule has 0 saturated heterocycles. The van der Waals surface area contributed by atoms with Gasteiger partial charge in [0.05, 0.1) is 33.8 Å². The molecule has 0 fully saturated rings. The molecule has 1 amide bonds. The summed E-state index contributed by atoms with van der Waals surface area (Å²) in [4.78, 5) is 37.8. The number of unbranched alkanes of at least 4 members (excludes halogenated alkanes) is 30. The molecular formula is C71H128N2O7P+. The van der Waals surface area contributed by atoms with Crippen LogP contribution >= 0.6 is 7.82 Å². The van der Waals surface area contributed by atoms with Crippen molar-refractivity contribution in [2.75, 3.05) is 40.9 Å². The summed E-state index contributed by atoms with van der Waals surface area (Å²) >= 11 is 0. The summed E-state index contributed by atoms with van der Waals surface area (Å²) in [7, 11) is 1.48. The van der Waals surface area contributed by atoms with E-state index in [0.29, 0.717) is 17.4 Å². The SMILES string of the molecule is CC/C=C\C/C=C\C/C=C\C/C=C\C/C=C\C/C=C\CCCCCCCCC(=O)OC(/C=C\CCCCCCCCCCC)C(COP(=O)(O)OCC[N+](C)(C)C)NC(=O)CCCCCCCCCCC/C=C/CCCCCCCC. The lowest BCUT2D eigenvalue weighted by Crippen LogP contribution is -2.47. The Bertz CT molecular complexity index is 1710. The van der Waals surface area contributed by atoms with Gasteiger partial charge in [-0.3, -0.25) is 18.6 Å². The maximum Gasteiger partial charge on any atom is 0.472 e. The smallest absolute Gasteiger partial charge is 0.456 e. The van der Waals surface area contributed by atoms with E-state index >= 15 is 0 Å². The van der Waals surface area contributed by atoms with Crippen molar-refractivity contribution < 1.29 is 37.3 Å². The van der Waals surface area contributed by atoms with Crippen LogP contribution in [0.4, 0.5) is 0 Å². The third-order valence-electron chi connectivity index (χ3n) is 14.5. The Morgan fingerprint density at radius 3 is 1.20 bits per heavy atom. The fourth-order valence-corrected chi connectivity index (χ4v) is 10.1. The molecule has 3 unspecified atom stereocenters. The number of carbonyl (C=O) groups is 2. The lowest BCUT2D eigenvalue weighted by molar-refractivity contribution is -0.870. The first-order valence-corrected chi connectivity index (χ1v) is 35.1. The summed E-state index contributed by atoms with van der Waals surface area (Å²) in [6, 6.07) is -0.861. The molecule has 9 nitrogen and oxygen atoms in total. The Morgan fingerprint density at radius 1 is 0.444 bits per heavy atom. The molecule has 0 aromatic heterocycles. The number of likely N-dealkylation sites (N-methyl/N-ethyl adjacent to an activating group) is 1. The molecule has 0 heterocycles. The molecule has 0 aliphatic rings. The normalized spacial score (nSPS) is 14.2. The van der Waals surface area contributed by atoms with Gasteiger partial charge in [0, 0.05) is 12.8 Å². The third kappa shape index (κ3) is 61.3. The molecule has 468 valence electrons. The van der Waals surface area contributed by atoms with E-state index in [9.17, 15) is 19.0 Å². The van der Waals surface area contributed by atoms with E-state index in [1.165, 1.54) is 135 Å². The average molecular weight is 1150 g/mol. The standard InChI is InChI=1S/C71H127N2O7P/c1-7-10-13-16-19-22-25-27-29-31-33-34-35-36-37-38-40-42-44-46-49-52-55-58-61-64-71(75)80-69(62-59-56-53-50-47-24-21-18-15-12-9-3)68(67-79-81(76,77)78-66-65-73(4,5)6)72-70(74)63-60-57-54-51-48-45-43-41-39-32-30-28-26-23-20-17-14-11-8-2/h10,13,19,22,27-30,33-34,36-37,40,42,59,62,68-69H,7-9,11-12,14-18,20-21,23-26,31-32,35,38-39,41,43-58,60-61,63-67H2,1-6H3,(H-,72,74,76,77)/p+1/b13-10-,22-19-,29-27-,30-28+,34-33-,37-36-,42-40-,62-59-. The molecule has 3 atom stereocenters. The fourth-order valence-electron chi connectivity index (χ4n) is 9.35. The van der Waals surface area contributed by atoms with Gasteiger partial charge in [-0.25, -0.2) is 4.57 Å². The second-order valence-corrected chi connectivity index (χ2v) is 25.1. The van der Waals surface area contributed by atoms with Crippen LogP contribution in [0.5, 0.6) is 0 Å². The van der Waals surface area contributed by atoms with E-state index in [1.54, 1.807) is 0 Å². The molecular weight excluding hydrogens is 1020 g/mol. The monoisotopic (exact) mass is 1150 g/mol.